The SMILES string of the molecule is CC1CN=C(NCCNC(=O)C2CC2)N1. The minimum absolute atomic E-state index is 0.200. The van der Waals surface area contributed by atoms with Gasteiger partial charge in [-0.15, -0.1) is 0 Å². The second-order valence-corrected chi connectivity index (χ2v) is 4.23. The predicted octanol–water partition coefficient (Wildman–Crippen LogP) is -0.550. The molecule has 0 radical (unpaired) electrons. The highest BCUT2D eigenvalue weighted by Gasteiger charge is 2.28. The molecular formula is C10H18N4O. The van der Waals surface area contributed by atoms with E-state index < -0.39 is 0 Å². The van der Waals surface area contributed by atoms with Crippen LogP contribution in [0.25, 0.3) is 0 Å². The van der Waals surface area contributed by atoms with Crippen molar-refractivity contribution in [2.45, 2.75) is 25.8 Å². The molecule has 1 atom stereocenters. The van der Waals surface area contributed by atoms with Crippen molar-refractivity contribution in [3.63, 3.8) is 0 Å². The van der Waals surface area contributed by atoms with E-state index in [0.717, 1.165) is 31.9 Å². The number of amides is 1. The van der Waals surface area contributed by atoms with Gasteiger partial charge in [0, 0.05) is 25.0 Å². The van der Waals surface area contributed by atoms with E-state index in [2.05, 4.69) is 27.9 Å². The van der Waals surface area contributed by atoms with E-state index >= 15 is 0 Å². The maximum absolute atomic E-state index is 11.3. The van der Waals surface area contributed by atoms with Gasteiger partial charge in [-0.05, 0) is 19.8 Å². The Morgan fingerprint density at radius 1 is 1.53 bits per heavy atom. The number of nitrogens with one attached hydrogen (secondary N) is 3. The second-order valence-electron chi connectivity index (χ2n) is 4.23. The van der Waals surface area contributed by atoms with Gasteiger partial charge in [0.15, 0.2) is 5.96 Å². The highest BCUT2D eigenvalue weighted by atomic mass is 16.2. The van der Waals surface area contributed by atoms with Crippen LogP contribution in [-0.2, 0) is 4.79 Å². The van der Waals surface area contributed by atoms with Crippen LogP contribution in [0.1, 0.15) is 19.8 Å². The first-order valence-corrected chi connectivity index (χ1v) is 5.58. The number of rotatable bonds is 4. The van der Waals surface area contributed by atoms with Crippen LogP contribution >= 0.6 is 0 Å². The first kappa shape index (κ1) is 10.3. The summed E-state index contributed by atoms with van der Waals surface area (Å²) in [5.41, 5.74) is 0. The molecule has 1 fully saturated rings. The Kier molecular flexibility index (Phi) is 3.08. The van der Waals surface area contributed by atoms with Gasteiger partial charge in [0.1, 0.15) is 0 Å². The number of carbonyl (C=O) groups is 1. The van der Waals surface area contributed by atoms with Crippen molar-refractivity contribution in [1.82, 2.24) is 16.0 Å². The number of hydrogen-bond acceptors (Lipinski definition) is 4. The minimum atomic E-state index is 0.200. The van der Waals surface area contributed by atoms with Crippen LogP contribution in [0.5, 0.6) is 0 Å². The summed E-state index contributed by atoms with van der Waals surface area (Å²) in [6.07, 6.45) is 2.12. The molecule has 0 aromatic heterocycles. The van der Waals surface area contributed by atoms with Gasteiger partial charge in [0.2, 0.25) is 5.91 Å². The molecule has 0 saturated heterocycles. The Morgan fingerprint density at radius 3 is 2.93 bits per heavy atom. The Morgan fingerprint density at radius 2 is 2.33 bits per heavy atom. The van der Waals surface area contributed by atoms with Gasteiger partial charge in [-0.2, -0.15) is 0 Å². The Balaban J connectivity index is 1.53. The number of carbonyl (C=O) groups excluding carboxylic acids is 1. The molecule has 2 aliphatic rings. The average molecular weight is 210 g/mol. The molecule has 1 saturated carbocycles. The van der Waals surface area contributed by atoms with Crippen molar-refractivity contribution in [2.24, 2.45) is 10.9 Å². The molecule has 1 unspecified atom stereocenters. The number of guanidine groups is 1. The first-order valence-electron chi connectivity index (χ1n) is 5.58. The summed E-state index contributed by atoms with van der Waals surface area (Å²) >= 11 is 0. The van der Waals surface area contributed by atoms with Crippen LogP contribution in [-0.4, -0.2) is 37.5 Å². The lowest BCUT2D eigenvalue weighted by atomic mass is 10.4. The lowest BCUT2D eigenvalue weighted by Gasteiger charge is -2.09. The molecular weight excluding hydrogens is 192 g/mol. The molecule has 84 valence electrons. The van der Waals surface area contributed by atoms with E-state index in [1.807, 2.05) is 0 Å². The second kappa shape index (κ2) is 4.51. The Hall–Kier alpha value is -1.26. The molecule has 3 N–H and O–H groups in total. The number of aliphatic imine (C=N–C) groups is 1. The lowest BCUT2D eigenvalue weighted by Crippen LogP contribution is -2.41. The maximum atomic E-state index is 11.3. The molecule has 1 aliphatic carbocycles. The fourth-order valence-corrected chi connectivity index (χ4v) is 1.52. The molecule has 1 aliphatic heterocycles. The fraction of sp³-hybridized carbons (Fsp3) is 0.800. The number of nitrogens with zero attached hydrogens (tertiary/aromatic N) is 1. The van der Waals surface area contributed by atoms with E-state index in [9.17, 15) is 4.79 Å². The van der Waals surface area contributed by atoms with Gasteiger partial charge in [-0.1, -0.05) is 0 Å². The first-order chi connectivity index (χ1) is 7.25. The topological polar surface area (TPSA) is 65.5 Å². The summed E-state index contributed by atoms with van der Waals surface area (Å²) in [6.45, 7) is 4.32. The summed E-state index contributed by atoms with van der Waals surface area (Å²) < 4.78 is 0. The van der Waals surface area contributed by atoms with Crippen LogP contribution in [0.4, 0.5) is 0 Å². The van der Waals surface area contributed by atoms with Gasteiger partial charge in [-0.3, -0.25) is 9.79 Å². The Bertz CT molecular complexity index is 273. The third kappa shape index (κ3) is 3.11. The largest absolute Gasteiger partial charge is 0.355 e. The van der Waals surface area contributed by atoms with Crippen molar-refractivity contribution in [3.8, 4) is 0 Å². The van der Waals surface area contributed by atoms with Gasteiger partial charge >= 0.3 is 0 Å². The smallest absolute Gasteiger partial charge is 0.223 e. The zero-order valence-electron chi connectivity index (χ0n) is 9.05. The van der Waals surface area contributed by atoms with Crippen molar-refractivity contribution in [1.29, 1.82) is 0 Å². The molecule has 5 heteroatoms. The van der Waals surface area contributed by atoms with Crippen LogP contribution in [0, 0.1) is 5.92 Å². The molecule has 2 rings (SSSR count). The van der Waals surface area contributed by atoms with Crippen LogP contribution in [0.15, 0.2) is 4.99 Å². The van der Waals surface area contributed by atoms with E-state index in [1.54, 1.807) is 0 Å². The van der Waals surface area contributed by atoms with E-state index in [-0.39, 0.29) is 5.91 Å². The van der Waals surface area contributed by atoms with Crippen molar-refractivity contribution >= 4 is 11.9 Å². The standard InChI is InChI=1S/C10H18N4O/c1-7-6-13-10(14-7)12-5-4-11-9(15)8-2-3-8/h7-8H,2-6H2,1H3,(H,11,15)(H2,12,13,14). The van der Waals surface area contributed by atoms with Crippen molar-refractivity contribution in [3.05, 3.63) is 0 Å². The lowest BCUT2D eigenvalue weighted by molar-refractivity contribution is -0.122. The normalized spacial score (nSPS) is 24.3. The molecule has 0 aromatic rings. The molecule has 0 bridgehead atoms. The zero-order valence-corrected chi connectivity index (χ0v) is 9.05. The molecule has 0 aromatic carbocycles. The third-order valence-corrected chi connectivity index (χ3v) is 2.57. The fourth-order valence-electron chi connectivity index (χ4n) is 1.52. The zero-order chi connectivity index (χ0) is 10.7. The van der Waals surface area contributed by atoms with Crippen molar-refractivity contribution in [2.75, 3.05) is 19.6 Å². The van der Waals surface area contributed by atoms with Crippen LogP contribution in [0.3, 0.4) is 0 Å². The molecule has 1 heterocycles. The van der Waals surface area contributed by atoms with Gasteiger partial charge in [-0.25, -0.2) is 0 Å². The molecule has 15 heavy (non-hydrogen) atoms. The monoisotopic (exact) mass is 210 g/mol. The van der Waals surface area contributed by atoms with Crippen LogP contribution in [0.2, 0.25) is 0 Å². The van der Waals surface area contributed by atoms with E-state index in [1.165, 1.54) is 0 Å². The van der Waals surface area contributed by atoms with Crippen LogP contribution < -0.4 is 16.0 Å². The van der Waals surface area contributed by atoms with E-state index in [0.29, 0.717) is 18.5 Å². The van der Waals surface area contributed by atoms with Gasteiger partial charge in [0.25, 0.3) is 0 Å². The summed E-state index contributed by atoms with van der Waals surface area (Å²) in [6, 6.07) is 0.425. The average Bonchev–Trinajstić information content (AvgIpc) is 2.98. The molecule has 0 spiro atoms. The Labute approximate surface area is 89.7 Å². The minimum Gasteiger partial charge on any atom is -0.355 e. The molecule has 1 amide bonds. The summed E-state index contributed by atoms with van der Waals surface area (Å²) in [4.78, 5) is 15.5. The van der Waals surface area contributed by atoms with Gasteiger partial charge < -0.3 is 16.0 Å². The highest BCUT2D eigenvalue weighted by molar-refractivity contribution is 5.82. The predicted molar refractivity (Wildman–Crippen MR) is 58.6 cm³/mol. The molecule has 5 nitrogen and oxygen atoms in total. The third-order valence-electron chi connectivity index (χ3n) is 2.57. The van der Waals surface area contributed by atoms with Gasteiger partial charge in [0.05, 0.1) is 6.54 Å². The quantitative estimate of drug-likeness (QED) is 0.545. The number of hydrogen-bond donors (Lipinski definition) is 3. The van der Waals surface area contributed by atoms with Crippen molar-refractivity contribution < 1.29 is 4.79 Å². The summed E-state index contributed by atoms with van der Waals surface area (Å²) in [5.74, 6) is 1.35. The summed E-state index contributed by atoms with van der Waals surface area (Å²) in [5, 5.41) is 9.25. The van der Waals surface area contributed by atoms with E-state index in [4.69, 9.17) is 0 Å². The highest BCUT2D eigenvalue weighted by Crippen LogP contribution is 2.28. The summed E-state index contributed by atoms with van der Waals surface area (Å²) in [7, 11) is 0. The maximum Gasteiger partial charge on any atom is 0.223 e.